The predicted octanol–water partition coefficient (Wildman–Crippen LogP) is 3.42. The lowest BCUT2D eigenvalue weighted by molar-refractivity contribution is -0.126. The molecule has 2 N–H and O–H groups in total. The summed E-state index contributed by atoms with van der Waals surface area (Å²) in [6, 6.07) is 0. The molecule has 1 rings (SSSR count). The lowest BCUT2D eigenvalue weighted by atomic mass is 9.77. The number of nitrogens with zero attached hydrogens (tertiary/aromatic N) is 3. The Kier molecular flexibility index (Phi) is 5.17. The van der Waals surface area contributed by atoms with E-state index in [1.54, 1.807) is 6.92 Å². The summed E-state index contributed by atoms with van der Waals surface area (Å²) in [7, 11) is 0. The van der Waals surface area contributed by atoms with E-state index in [1.807, 2.05) is 38.6 Å². The van der Waals surface area contributed by atoms with Gasteiger partial charge in [-0.05, 0) is 47.5 Å². The van der Waals surface area contributed by atoms with Crippen molar-refractivity contribution in [3.05, 3.63) is 11.9 Å². The van der Waals surface area contributed by atoms with Gasteiger partial charge in [0.05, 0.1) is 11.2 Å². The van der Waals surface area contributed by atoms with Crippen LogP contribution in [0, 0.1) is 5.41 Å². The number of nitrogens with two attached hydrogens (primary N) is 1. The molecule has 5 nitrogen and oxygen atoms in total. The fourth-order valence-corrected chi connectivity index (χ4v) is 3.39. The monoisotopic (exact) mass is 322 g/mol. The summed E-state index contributed by atoms with van der Waals surface area (Å²) in [6.45, 7) is 18.1. The van der Waals surface area contributed by atoms with Crippen LogP contribution in [0.15, 0.2) is 6.20 Å². The highest BCUT2D eigenvalue weighted by atomic mass is 16.1. The van der Waals surface area contributed by atoms with Crippen molar-refractivity contribution in [1.29, 1.82) is 0 Å². The number of ketones is 1. The van der Waals surface area contributed by atoms with Crippen molar-refractivity contribution in [1.82, 2.24) is 15.0 Å². The third kappa shape index (κ3) is 5.13. The molecule has 0 aliphatic carbocycles. The van der Waals surface area contributed by atoms with Crippen molar-refractivity contribution in [2.45, 2.75) is 91.6 Å². The average Bonchev–Trinajstić information content (AvgIpc) is 2.73. The summed E-state index contributed by atoms with van der Waals surface area (Å²) in [5, 5.41) is 8.73. The maximum Gasteiger partial charge on any atom is 0.135 e. The largest absolute Gasteiger partial charge is 0.326 e. The second-order valence-electron chi connectivity index (χ2n) is 9.53. The van der Waals surface area contributed by atoms with Gasteiger partial charge in [-0.25, -0.2) is 4.68 Å². The molecule has 0 radical (unpaired) electrons. The predicted molar refractivity (Wildman–Crippen MR) is 94.3 cm³/mol. The van der Waals surface area contributed by atoms with Gasteiger partial charge in [-0.1, -0.05) is 32.9 Å². The quantitative estimate of drug-likeness (QED) is 0.834. The molecule has 0 saturated carbocycles. The summed E-state index contributed by atoms with van der Waals surface area (Å²) in [6.07, 6.45) is 3.53. The minimum atomic E-state index is -0.385. The normalized spacial score (nSPS) is 14.2. The van der Waals surface area contributed by atoms with Crippen LogP contribution in [0.1, 0.15) is 80.8 Å². The molecule has 0 aliphatic rings. The lowest BCUT2D eigenvalue weighted by Crippen LogP contribution is -2.39. The van der Waals surface area contributed by atoms with E-state index in [2.05, 4.69) is 38.0 Å². The van der Waals surface area contributed by atoms with Gasteiger partial charge in [0.15, 0.2) is 0 Å². The molecule has 23 heavy (non-hydrogen) atoms. The van der Waals surface area contributed by atoms with E-state index < -0.39 is 0 Å². The van der Waals surface area contributed by atoms with Gasteiger partial charge in [0.25, 0.3) is 0 Å². The lowest BCUT2D eigenvalue weighted by Gasteiger charge is -2.33. The summed E-state index contributed by atoms with van der Waals surface area (Å²) in [4.78, 5) is 11.8. The zero-order chi connectivity index (χ0) is 18.3. The van der Waals surface area contributed by atoms with Gasteiger partial charge < -0.3 is 5.73 Å². The van der Waals surface area contributed by atoms with Crippen LogP contribution >= 0.6 is 0 Å². The molecule has 0 spiro atoms. The van der Waals surface area contributed by atoms with Crippen molar-refractivity contribution < 1.29 is 4.79 Å². The number of carbonyl (C=O) groups is 1. The van der Waals surface area contributed by atoms with Crippen molar-refractivity contribution >= 4 is 5.78 Å². The summed E-state index contributed by atoms with van der Waals surface area (Å²) >= 11 is 0. The number of hydrogen-bond donors (Lipinski definition) is 1. The molecular formula is C18H34N4O. The third-order valence-corrected chi connectivity index (χ3v) is 4.53. The van der Waals surface area contributed by atoms with Crippen LogP contribution in [0.2, 0.25) is 0 Å². The topological polar surface area (TPSA) is 73.8 Å². The Labute approximate surface area is 141 Å². The second kappa shape index (κ2) is 6.00. The molecule has 0 amide bonds. The Hall–Kier alpha value is -1.23. The minimum Gasteiger partial charge on any atom is -0.326 e. The number of carbonyl (C=O) groups excluding carboxylic acids is 1. The van der Waals surface area contributed by atoms with E-state index in [0.717, 1.165) is 12.1 Å². The van der Waals surface area contributed by atoms with Crippen LogP contribution in [0.4, 0.5) is 0 Å². The first kappa shape index (κ1) is 19.8. The summed E-state index contributed by atoms with van der Waals surface area (Å²) < 4.78 is 1.89. The van der Waals surface area contributed by atoms with E-state index in [4.69, 9.17) is 5.73 Å². The van der Waals surface area contributed by atoms with E-state index >= 15 is 0 Å². The maximum atomic E-state index is 11.8. The fourth-order valence-electron chi connectivity index (χ4n) is 3.39. The van der Waals surface area contributed by atoms with E-state index in [9.17, 15) is 4.79 Å². The molecule has 0 unspecified atom stereocenters. The molecule has 0 fully saturated rings. The molecule has 0 bridgehead atoms. The standard InChI is InChI=1S/C18H34N4O/c1-13(23)15(2,3)12-18(8,9)22-10-14(20-21-22)16(4,5)11-17(6,7)19/h10H,11-12,19H2,1-9H3. The van der Waals surface area contributed by atoms with Gasteiger partial charge >= 0.3 is 0 Å². The Bertz CT molecular complexity index is 562. The number of hydrogen-bond acceptors (Lipinski definition) is 4. The highest BCUT2D eigenvalue weighted by molar-refractivity contribution is 5.81. The molecule has 1 aromatic heterocycles. The molecule has 5 heteroatoms. The molecule has 0 saturated heterocycles. The van der Waals surface area contributed by atoms with E-state index in [-0.39, 0.29) is 27.7 Å². The Morgan fingerprint density at radius 3 is 2.04 bits per heavy atom. The van der Waals surface area contributed by atoms with Crippen LogP contribution in [0.3, 0.4) is 0 Å². The van der Waals surface area contributed by atoms with Gasteiger partial charge in [0.2, 0.25) is 0 Å². The molecule has 0 aliphatic heterocycles. The SMILES string of the molecule is CC(=O)C(C)(C)CC(C)(C)n1cc(C(C)(C)CC(C)(C)N)nn1. The molecular weight excluding hydrogens is 288 g/mol. The first-order valence-corrected chi connectivity index (χ1v) is 8.30. The van der Waals surface area contributed by atoms with Gasteiger partial charge in [0, 0.05) is 22.6 Å². The molecule has 132 valence electrons. The van der Waals surface area contributed by atoms with E-state index in [1.165, 1.54) is 0 Å². The van der Waals surface area contributed by atoms with Gasteiger partial charge in [-0.3, -0.25) is 4.79 Å². The molecule has 0 atom stereocenters. The Morgan fingerprint density at radius 2 is 1.61 bits per heavy atom. The Morgan fingerprint density at radius 1 is 1.09 bits per heavy atom. The van der Waals surface area contributed by atoms with Crippen molar-refractivity contribution in [3.8, 4) is 0 Å². The fraction of sp³-hybridized carbons (Fsp3) is 0.833. The smallest absolute Gasteiger partial charge is 0.135 e. The highest BCUT2D eigenvalue weighted by Crippen LogP contribution is 2.35. The van der Waals surface area contributed by atoms with Crippen LogP contribution in [0.25, 0.3) is 0 Å². The molecule has 0 aromatic carbocycles. The van der Waals surface area contributed by atoms with Crippen LogP contribution in [0.5, 0.6) is 0 Å². The Balaban J connectivity index is 3.05. The molecule has 1 aromatic rings. The number of rotatable bonds is 7. The van der Waals surface area contributed by atoms with Crippen molar-refractivity contribution in [2.24, 2.45) is 11.1 Å². The summed E-state index contributed by atoms with van der Waals surface area (Å²) in [5.41, 5.74) is 6.03. The van der Waals surface area contributed by atoms with Crippen LogP contribution in [-0.2, 0) is 15.7 Å². The van der Waals surface area contributed by atoms with Gasteiger partial charge in [0.1, 0.15) is 5.78 Å². The summed E-state index contributed by atoms with van der Waals surface area (Å²) in [5.74, 6) is 0.191. The first-order chi connectivity index (χ1) is 10.1. The number of aromatic nitrogens is 3. The highest BCUT2D eigenvalue weighted by Gasteiger charge is 2.36. The van der Waals surface area contributed by atoms with Gasteiger partial charge in [-0.2, -0.15) is 0 Å². The van der Waals surface area contributed by atoms with E-state index in [0.29, 0.717) is 6.42 Å². The minimum absolute atomic E-state index is 0.150. The zero-order valence-corrected chi connectivity index (χ0v) is 16.3. The maximum absolute atomic E-state index is 11.8. The first-order valence-electron chi connectivity index (χ1n) is 8.30. The third-order valence-electron chi connectivity index (χ3n) is 4.53. The van der Waals surface area contributed by atoms with Crippen LogP contribution < -0.4 is 5.73 Å². The van der Waals surface area contributed by atoms with Gasteiger partial charge in [-0.15, -0.1) is 5.10 Å². The average molecular weight is 322 g/mol. The molecule has 1 heterocycles. The van der Waals surface area contributed by atoms with Crippen molar-refractivity contribution in [2.75, 3.05) is 0 Å². The van der Waals surface area contributed by atoms with Crippen LogP contribution in [-0.4, -0.2) is 26.3 Å². The van der Waals surface area contributed by atoms with Crippen molar-refractivity contribution in [3.63, 3.8) is 0 Å². The number of Topliss-reactive ketones (excluding diaryl/α,β-unsaturated/α-hetero) is 1. The zero-order valence-electron chi connectivity index (χ0n) is 16.3. The second-order valence-corrected chi connectivity index (χ2v) is 9.53.